The fraction of sp³-hybridized carbons (Fsp3) is 0.459. The van der Waals surface area contributed by atoms with E-state index in [0.29, 0.717) is 47.5 Å². The SMILES string of the molecule is CCCCCCCCCCCCS(=O)(=O)CC(C)C(=O)Nc1ccc(OC)c(NC(=O)C(Oc2ccc(C(=O)OC)cc2)C(=O)C(C)(C)C)c1.CNc1cccc2c(O)c(C(=O)NCCCOc3ccc(C)cc3C)cc(Cl)c12. The molecule has 5 N–H and O–H groups in total. The molecule has 0 heterocycles. The van der Waals surface area contributed by atoms with Crippen LogP contribution in [0, 0.1) is 25.2 Å². The average Bonchev–Trinajstić information content (AvgIpc) is 3.46. The maximum absolute atomic E-state index is 13.6. The highest BCUT2D eigenvalue weighted by Crippen LogP contribution is 2.38. The van der Waals surface area contributed by atoms with E-state index in [1.807, 2.05) is 32.0 Å². The fourth-order valence-corrected chi connectivity index (χ4v) is 10.6. The normalized spacial score (nSPS) is 12.0. The summed E-state index contributed by atoms with van der Waals surface area (Å²) in [6.07, 6.45) is 10.1. The third kappa shape index (κ3) is 20.4. The minimum atomic E-state index is -3.43. The molecule has 0 aliphatic rings. The van der Waals surface area contributed by atoms with Crippen molar-refractivity contribution >= 4 is 78.7 Å². The van der Waals surface area contributed by atoms with Crippen molar-refractivity contribution in [1.29, 1.82) is 0 Å². The highest BCUT2D eigenvalue weighted by molar-refractivity contribution is 7.91. The van der Waals surface area contributed by atoms with Gasteiger partial charge in [0.05, 0.1) is 54.2 Å². The highest BCUT2D eigenvalue weighted by Gasteiger charge is 2.37. The Morgan fingerprint density at radius 3 is 2.00 bits per heavy atom. The van der Waals surface area contributed by atoms with Crippen LogP contribution in [0.3, 0.4) is 0 Å². The third-order valence-corrected chi connectivity index (χ3v) is 15.2. The molecule has 79 heavy (non-hydrogen) atoms. The number of fused-ring (bicyclic) bond motifs is 1. The van der Waals surface area contributed by atoms with Crippen molar-refractivity contribution in [2.75, 3.05) is 61.9 Å². The van der Waals surface area contributed by atoms with Gasteiger partial charge in [0.25, 0.3) is 11.8 Å². The van der Waals surface area contributed by atoms with Gasteiger partial charge in [-0.15, -0.1) is 0 Å². The van der Waals surface area contributed by atoms with E-state index in [9.17, 15) is 37.5 Å². The van der Waals surface area contributed by atoms with Gasteiger partial charge in [0.15, 0.2) is 15.6 Å². The number of rotatable bonds is 29. The van der Waals surface area contributed by atoms with Crippen LogP contribution in [0.2, 0.25) is 5.02 Å². The number of benzene rings is 5. The van der Waals surface area contributed by atoms with E-state index < -0.39 is 50.8 Å². The van der Waals surface area contributed by atoms with Gasteiger partial charge < -0.3 is 45.3 Å². The molecule has 0 aliphatic carbocycles. The van der Waals surface area contributed by atoms with Crippen LogP contribution in [0.25, 0.3) is 10.8 Å². The van der Waals surface area contributed by atoms with Crippen molar-refractivity contribution in [3.8, 4) is 23.0 Å². The largest absolute Gasteiger partial charge is 0.506 e. The second-order valence-electron chi connectivity index (χ2n) is 20.7. The monoisotopic (exact) mass is 1130 g/mol. The number of phenolic OH excluding ortho intramolecular Hbond substituents is 1. The molecule has 0 aromatic heterocycles. The van der Waals surface area contributed by atoms with E-state index in [0.717, 1.165) is 36.3 Å². The Kier molecular flexibility index (Phi) is 25.9. The van der Waals surface area contributed by atoms with E-state index in [-0.39, 0.29) is 51.5 Å². The Morgan fingerprint density at radius 2 is 1.39 bits per heavy atom. The molecule has 430 valence electrons. The number of carbonyl (C=O) groups excluding carboxylic acids is 5. The molecule has 5 rings (SSSR count). The first-order valence-corrected chi connectivity index (χ1v) is 29.2. The molecule has 5 aromatic rings. The van der Waals surface area contributed by atoms with Gasteiger partial charge >= 0.3 is 5.97 Å². The Labute approximate surface area is 472 Å². The number of Topliss-reactive ketones (excluding diaryl/α,β-unsaturated/α-hetero) is 1. The Balaban J connectivity index is 0.000000390. The fourth-order valence-electron chi connectivity index (χ4n) is 8.55. The lowest BCUT2D eigenvalue weighted by Gasteiger charge is -2.25. The number of aromatic hydroxyl groups is 1. The van der Waals surface area contributed by atoms with Gasteiger partial charge in [-0.1, -0.05) is 134 Å². The molecule has 0 radical (unpaired) electrons. The predicted molar refractivity (Wildman–Crippen MR) is 315 cm³/mol. The van der Waals surface area contributed by atoms with Gasteiger partial charge in [0.1, 0.15) is 23.0 Å². The second-order valence-corrected chi connectivity index (χ2v) is 23.3. The molecule has 3 amide bonds. The van der Waals surface area contributed by atoms with Crippen LogP contribution in [-0.4, -0.2) is 95.0 Å². The van der Waals surface area contributed by atoms with Gasteiger partial charge in [-0.05, 0) is 92.9 Å². The summed E-state index contributed by atoms with van der Waals surface area (Å²) in [5.74, 6) is -2.51. The van der Waals surface area contributed by atoms with E-state index in [2.05, 4.69) is 34.3 Å². The second kappa shape index (κ2) is 31.7. The van der Waals surface area contributed by atoms with Crippen LogP contribution in [0.4, 0.5) is 17.1 Å². The van der Waals surface area contributed by atoms with Crippen LogP contribution < -0.4 is 35.5 Å². The summed E-state index contributed by atoms with van der Waals surface area (Å²) in [6.45, 7) is 13.7. The zero-order chi connectivity index (χ0) is 58.3. The summed E-state index contributed by atoms with van der Waals surface area (Å²) in [5.41, 5.74) is 3.01. The number of methoxy groups -OCH3 is 2. The summed E-state index contributed by atoms with van der Waals surface area (Å²) >= 11 is 6.39. The number of hydrogen-bond acceptors (Lipinski definition) is 13. The Morgan fingerprint density at radius 1 is 0.747 bits per heavy atom. The number of esters is 1. The number of carbonyl (C=O) groups is 5. The number of phenols is 1. The lowest BCUT2D eigenvalue weighted by Crippen LogP contribution is -2.45. The number of unbranched alkanes of at least 4 members (excludes halogenated alkanes) is 9. The van der Waals surface area contributed by atoms with Crippen LogP contribution in [0.5, 0.6) is 23.0 Å². The summed E-state index contributed by atoms with van der Waals surface area (Å²) < 4.78 is 47.3. The molecular formula is C61H81ClN4O12S. The molecule has 16 nitrogen and oxygen atoms in total. The summed E-state index contributed by atoms with van der Waals surface area (Å²) in [7, 11) is 1.01. The lowest BCUT2D eigenvalue weighted by atomic mass is 9.87. The number of anilines is 3. The van der Waals surface area contributed by atoms with Crippen LogP contribution in [-0.2, 0) is 29.0 Å². The number of amides is 3. The maximum Gasteiger partial charge on any atom is 0.337 e. The number of hydrogen-bond donors (Lipinski definition) is 5. The average molecular weight is 1130 g/mol. The Bertz CT molecular complexity index is 2960. The molecular weight excluding hydrogens is 1050 g/mol. The minimum Gasteiger partial charge on any atom is -0.506 e. The zero-order valence-corrected chi connectivity index (χ0v) is 49.1. The van der Waals surface area contributed by atoms with Crippen LogP contribution in [0.15, 0.2) is 84.9 Å². The first-order chi connectivity index (χ1) is 37.5. The summed E-state index contributed by atoms with van der Waals surface area (Å²) in [6, 6.07) is 23.3. The standard InChI is InChI=1S/C38H56N2O9S.C23H25ClN2O3/c1-8-9-10-11-12-13-14-15-16-17-24-50(45,46)26-27(2)35(42)39-29-20-23-32(47-6)31(25-29)40-36(43)33(34(41)38(3,4)5)49-30-21-18-28(19-22-30)37(44)48-7;1-14-8-9-20(15(2)12-14)29-11-5-10-26-23(28)17-13-18(24)21-16(22(17)27)6-4-7-19(21)25-3/h18-23,25,27,33H,8-17,24,26H2,1-7H3,(H,39,42)(H,40,43);4,6-9,12-13,25,27H,5,10-11H2,1-3H3,(H,26,28). The van der Waals surface area contributed by atoms with E-state index in [1.54, 1.807) is 52.9 Å². The zero-order valence-electron chi connectivity index (χ0n) is 47.6. The maximum atomic E-state index is 13.6. The quantitative estimate of drug-likeness (QED) is 0.0171. The number of halogens is 1. The summed E-state index contributed by atoms with van der Waals surface area (Å²) in [5, 5.41) is 23.5. The minimum absolute atomic E-state index is 0.0474. The van der Waals surface area contributed by atoms with E-state index in [1.165, 1.54) is 101 Å². The summed E-state index contributed by atoms with van der Waals surface area (Å²) in [4.78, 5) is 64.3. The van der Waals surface area contributed by atoms with Crippen molar-refractivity contribution in [3.63, 3.8) is 0 Å². The van der Waals surface area contributed by atoms with Gasteiger partial charge in [0.2, 0.25) is 12.0 Å². The molecule has 0 fully saturated rings. The van der Waals surface area contributed by atoms with Crippen LogP contribution >= 0.6 is 11.6 Å². The molecule has 0 saturated carbocycles. The van der Waals surface area contributed by atoms with Crippen LogP contribution in [0.1, 0.15) is 137 Å². The van der Waals surface area contributed by atoms with E-state index >= 15 is 0 Å². The molecule has 0 bridgehead atoms. The van der Waals surface area contributed by atoms with Gasteiger partial charge in [-0.2, -0.15) is 0 Å². The predicted octanol–water partition coefficient (Wildman–Crippen LogP) is 12.4. The topological polar surface area (TPSA) is 225 Å². The van der Waals surface area contributed by atoms with Crippen molar-refractivity contribution < 1.29 is 56.4 Å². The smallest absolute Gasteiger partial charge is 0.337 e. The van der Waals surface area contributed by atoms with Crippen molar-refractivity contribution in [3.05, 3.63) is 112 Å². The molecule has 18 heteroatoms. The van der Waals surface area contributed by atoms with Crippen molar-refractivity contribution in [2.24, 2.45) is 11.3 Å². The lowest BCUT2D eigenvalue weighted by molar-refractivity contribution is -0.140. The first-order valence-electron chi connectivity index (χ1n) is 27.0. The van der Waals surface area contributed by atoms with Gasteiger partial charge in [-0.3, -0.25) is 19.2 Å². The van der Waals surface area contributed by atoms with Gasteiger partial charge in [0, 0.05) is 47.1 Å². The van der Waals surface area contributed by atoms with Gasteiger partial charge in [-0.25, -0.2) is 13.2 Å². The molecule has 0 saturated heterocycles. The number of ether oxygens (including phenoxy) is 4. The first kappa shape index (κ1) is 64.7. The molecule has 2 unspecified atom stereocenters. The van der Waals surface area contributed by atoms with Crippen molar-refractivity contribution in [1.82, 2.24) is 5.32 Å². The van der Waals surface area contributed by atoms with E-state index in [4.69, 9.17) is 30.5 Å². The molecule has 2 atom stereocenters. The number of aryl methyl sites for hydroxylation is 2. The third-order valence-electron chi connectivity index (χ3n) is 13.0. The Hall–Kier alpha value is -6.85. The number of sulfone groups is 1. The molecule has 0 aliphatic heterocycles. The molecule has 5 aromatic carbocycles. The number of ketones is 1. The van der Waals surface area contributed by atoms with Crippen molar-refractivity contribution in [2.45, 2.75) is 125 Å². The molecule has 0 spiro atoms. The number of nitrogens with one attached hydrogen (secondary N) is 4. The highest BCUT2D eigenvalue weighted by atomic mass is 35.5.